The van der Waals surface area contributed by atoms with Gasteiger partial charge in [0.2, 0.25) is 0 Å². The van der Waals surface area contributed by atoms with Gasteiger partial charge in [0.15, 0.2) is 0 Å². The van der Waals surface area contributed by atoms with Crippen LogP contribution in [0.25, 0.3) is 11.3 Å². The zero-order valence-electron chi connectivity index (χ0n) is 15.6. The molecule has 0 radical (unpaired) electrons. The molecule has 0 N–H and O–H groups in total. The Balaban J connectivity index is 2.51. The molecule has 0 aliphatic heterocycles. The number of halogens is 5. The Hall–Kier alpha value is -2.37. The summed E-state index contributed by atoms with van der Waals surface area (Å²) in [7, 11) is 2.28. The molecule has 0 bridgehead atoms. The summed E-state index contributed by atoms with van der Waals surface area (Å²) in [5, 5.41) is -0.496. The van der Waals surface area contributed by atoms with Crippen LogP contribution in [-0.4, -0.2) is 33.8 Å². The largest absolute Gasteiger partial charge is 0.458 e. The molecule has 0 aliphatic rings. The van der Waals surface area contributed by atoms with Crippen LogP contribution >= 0.6 is 27.5 Å². The monoisotopic (exact) mass is 510 g/mol. The highest BCUT2D eigenvalue weighted by Crippen LogP contribution is 2.28. The van der Waals surface area contributed by atoms with E-state index in [2.05, 4.69) is 22.5 Å². The summed E-state index contributed by atoms with van der Waals surface area (Å²) in [5.74, 6) is -0.844. The first-order valence-electron chi connectivity index (χ1n) is 8.12. The highest BCUT2D eigenvalue weighted by atomic mass is 79.9. The van der Waals surface area contributed by atoms with Crippen LogP contribution in [-0.2, 0) is 27.5 Å². The van der Waals surface area contributed by atoms with Gasteiger partial charge in [0.1, 0.15) is 17.3 Å². The maximum absolute atomic E-state index is 13.0. The summed E-state index contributed by atoms with van der Waals surface area (Å²) in [6.45, 7) is 3.46. The topological polar surface area (TPSA) is 79.5 Å². The Morgan fingerprint density at radius 2 is 1.93 bits per heavy atom. The number of esters is 1. The molecule has 2 aromatic rings. The molecule has 0 spiro atoms. The summed E-state index contributed by atoms with van der Waals surface area (Å²) >= 11 is 9.19. The van der Waals surface area contributed by atoms with E-state index in [1.165, 1.54) is 25.3 Å². The van der Waals surface area contributed by atoms with Gasteiger partial charge in [-0.15, -0.1) is 0 Å². The lowest BCUT2D eigenvalue weighted by molar-refractivity contribution is -0.144. The van der Waals surface area contributed by atoms with Crippen LogP contribution in [0.15, 0.2) is 40.4 Å². The van der Waals surface area contributed by atoms with Gasteiger partial charge in [-0.05, 0) is 18.2 Å². The zero-order valence-corrected chi connectivity index (χ0v) is 18.0. The van der Waals surface area contributed by atoms with Gasteiger partial charge in [0.05, 0.1) is 11.3 Å². The van der Waals surface area contributed by atoms with E-state index in [1.807, 2.05) is 0 Å². The number of hydrogen-bond acceptors (Lipinski definition) is 5. The van der Waals surface area contributed by atoms with Gasteiger partial charge in [-0.3, -0.25) is 9.36 Å². The van der Waals surface area contributed by atoms with Crippen LogP contribution < -0.4 is 11.2 Å². The third-order valence-electron chi connectivity index (χ3n) is 3.99. The summed E-state index contributed by atoms with van der Waals surface area (Å²) in [6.07, 6.45) is -4.88. The fourth-order valence-corrected chi connectivity index (χ4v) is 2.79. The van der Waals surface area contributed by atoms with Crippen molar-refractivity contribution in [3.8, 4) is 5.69 Å². The van der Waals surface area contributed by atoms with Crippen LogP contribution in [0.4, 0.5) is 13.2 Å². The first-order valence-corrected chi connectivity index (χ1v) is 9.41. The minimum atomic E-state index is -4.88. The van der Waals surface area contributed by atoms with Gasteiger partial charge < -0.3 is 9.47 Å². The van der Waals surface area contributed by atoms with E-state index in [0.29, 0.717) is 15.2 Å². The Labute approximate surface area is 181 Å². The number of alkyl halides is 4. The molecule has 2 rings (SSSR count). The predicted molar refractivity (Wildman–Crippen MR) is 107 cm³/mol. The summed E-state index contributed by atoms with van der Waals surface area (Å²) in [4.78, 5) is 36.9. The number of hydrogen-bond donors (Lipinski definition) is 0. The van der Waals surface area contributed by atoms with E-state index in [1.54, 1.807) is 0 Å². The maximum atomic E-state index is 13.0. The quantitative estimate of drug-likeness (QED) is 0.338. The van der Waals surface area contributed by atoms with Gasteiger partial charge in [0.25, 0.3) is 5.56 Å². The van der Waals surface area contributed by atoms with Crippen LogP contribution in [0, 0.1) is 0 Å². The van der Waals surface area contributed by atoms with Crippen molar-refractivity contribution in [3.63, 3.8) is 0 Å². The van der Waals surface area contributed by atoms with Crippen LogP contribution in [0.2, 0.25) is 5.02 Å². The molecule has 1 unspecified atom stereocenters. The molecule has 1 heterocycles. The number of carbonyl (C=O) groups is 1. The van der Waals surface area contributed by atoms with E-state index < -0.39 is 34.1 Å². The smallest absolute Gasteiger partial charge is 0.431 e. The molecule has 12 heteroatoms. The second-order valence-corrected chi connectivity index (χ2v) is 7.36. The van der Waals surface area contributed by atoms with Gasteiger partial charge >= 0.3 is 17.8 Å². The molecule has 0 aliphatic carbocycles. The second kappa shape index (κ2) is 9.19. The van der Waals surface area contributed by atoms with E-state index in [0.717, 1.165) is 7.05 Å². The van der Waals surface area contributed by atoms with Crippen LogP contribution in [0.5, 0.6) is 0 Å². The molecule has 162 valence electrons. The molecule has 0 saturated heterocycles. The van der Waals surface area contributed by atoms with Gasteiger partial charge in [-0.25, -0.2) is 14.2 Å². The van der Waals surface area contributed by atoms with E-state index in [-0.39, 0.29) is 28.5 Å². The molecule has 1 atom stereocenters. The van der Waals surface area contributed by atoms with Crippen molar-refractivity contribution in [2.45, 2.75) is 11.2 Å². The van der Waals surface area contributed by atoms with Gasteiger partial charge in [-0.1, -0.05) is 34.1 Å². The van der Waals surface area contributed by atoms with Crippen LogP contribution in [0.1, 0.15) is 11.3 Å². The molecular weight excluding hydrogens is 497 g/mol. The first-order chi connectivity index (χ1) is 13.9. The number of carbonyl (C=O) groups excluding carboxylic acids is 1. The second-order valence-electron chi connectivity index (χ2n) is 5.93. The predicted octanol–water partition coefficient (Wildman–Crippen LogP) is 3.13. The van der Waals surface area contributed by atoms with Gasteiger partial charge in [-0.2, -0.15) is 13.2 Å². The number of aromatic nitrogens is 2. The maximum Gasteiger partial charge on any atom is 0.431 e. The van der Waals surface area contributed by atoms with E-state index >= 15 is 0 Å². The number of nitrogens with zero attached hydrogens (tertiary/aromatic N) is 2. The average molecular weight is 512 g/mol. The standard InChI is InChI=1S/C18H15BrClF3N2O5/c1-9(16(27)30-8-14(19)29-3)11-6-10(4-5-12(11)20)25-15(26)7-13(18(21,22)23)24(2)17(25)28/h4-7,14H,1,8H2,2-3H3. The molecule has 0 amide bonds. The Bertz CT molecular complexity index is 1110. The summed E-state index contributed by atoms with van der Waals surface area (Å²) < 4.78 is 49.7. The molecule has 0 saturated carbocycles. The van der Waals surface area contributed by atoms with Gasteiger partial charge in [0, 0.05) is 30.8 Å². The SMILES string of the molecule is C=C(C(=O)OCC(Br)OC)c1cc(-n2c(=O)cc(C(F)(F)F)n(C)c2=O)ccc1Cl. The molecule has 1 aromatic heterocycles. The summed E-state index contributed by atoms with van der Waals surface area (Å²) in [5.41, 5.74) is -4.06. The third kappa shape index (κ3) is 5.02. The Morgan fingerprint density at radius 3 is 2.50 bits per heavy atom. The molecule has 7 nitrogen and oxygen atoms in total. The average Bonchev–Trinajstić information content (AvgIpc) is 2.68. The summed E-state index contributed by atoms with van der Waals surface area (Å²) in [6, 6.07) is 4.01. The van der Waals surface area contributed by atoms with E-state index in [9.17, 15) is 27.6 Å². The fraction of sp³-hybridized carbons (Fsp3) is 0.278. The molecular formula is C18H15BrClF3N2O5. The van der Waals surface area contributed by atoms with Crippen molar-refractivity contribution in [1.29, 1.82) is 0 Å². The zero-order chi connectivity index (χ0) is 22.8. The third-order valence-corrected chi connectivity index (χ3v) is 4.96. The normalized spacial score (nSPS) is 12.5. The van der Waals surface area contributed by atoms with Crippen molar-refractivity contribution >= 4 is 39.1 Å². The highest BCUT2D eigenvalue weighted by Gasteiger charge is 2.35. The fourth-order valence-electron chi connectivity index (χ4n) is 2.43. The minimum Gasteiger partial charge on any atom is -0.458 e. The van der Waals surface area contributed by atoms with Crippen LogP contribution in [0.3, 0.4) is 0 Å². The van der Waals surface area contributed by atoms with Crippen molar-refractivity contribution in [2.75, 3.05) is 13.7 Å². The first kappa shape index (κ1) is 23.9. The Morgan fingerprint density at radius 1 is 1.30 bits per heavy atom. The Kier molecular flexibility index (Phi) is 7.32. The van der Waals surface area contributed by atoms with Crippen molar-refractivity contribution in [3.05, 3.63) is 68.0 Å². The van der Waals surface area contributed by atoms with Crippen molar-refractivity contribution in [2.24, 2.45) is 7.05 Å². The minimum absolute atomic E-state index is 0.0385. The number of benzene rings is 1. The number of rotatable bonds is 6. The van der Waals surface area contributed by atoms with Crippen molar-refractivity contribution in [1.82, 2.24) is 9.13 Å². The number of methoxy groups -OCH3 is 1. The number of ether oxygens (including phenoxy) is 2. The molecule has 1 aromatic carbocycles. The van der Waals surface area contributed by atoms with Crippen molar-refractivity contribution < 1.29 is 27.4 Å². The highest BCUT2D eigenvalue weighted by molar-refractivity contribution is 9.09. The van der Waals surface area contributed by atoms with E-state index in [4.69, 9.17) is 21.1 Å². The lowest BCUT2D eigenvalue weighted by Gasteiger charge is -2.15. The molecule has 0 fully saturated rings. The lowest BCUT2D eigenvalue weighted by Crippen LogP contribution is -2.40. The molecule has 30 heavy (non-hydrogen) atoms. The lowest BCUT2D eigenvalue weighted by atomic mass is 10.1.